The van der Waals surface area contributed by atoms with Gasteiger partial charge in [-0.15, -0.1) is 0 Å². The van der Waals surface area contributed by atoms with Crippen molar-refractivity contribution >= 4 is 17.5 Å². The third-order valence-corrected chi connectivity index (χ3v) is 5.08. The molecule has 30 heavy (non-hydrogen) atoms. The molecule has 0 aliphatic carbocycles. The molecule has 0 saturated heterocycles. The number of aromatic nitrogens is 2. The number of hydrogen-bond acceptors (Lipinski definition) is 4. The first kappa shape index (κ1) is 19.7. The molecule has 2 amide bonds. The van der Waals surface area contributed by atoms with Crippen LogP contribution >= 0.6 is 0 Å². The Kier molecular flexibility index (Phi) is 6.08. The highest BCUT2D eigenvalue weighted by Crippen LogP contribution is 2.35. The average Bonchev–Trinajstić information content (AvgIpc) is 3.26. The van der Waals surface area contributed by atoms with Crippen LogP contribution in [0.25, 0.3) is 0 Å². The van der Waals surface area contributed by atoms with Gasteiger partial charge in [0.15, 0.2) is 0 Å². The minimum Gasteiger partial charge on any atom is -0.493 e. The van der Waals surface area contributed by atoms with E-state index in [1.807, 2.05) is 48.5 Å². The number of nitrogens with one attached hydrogen (secondary N) is 2. The molecule has 0 fully saturated rings. The highest BCUT2D eigenvalue weighted by molar-refractivity contribution is 5.90. The van der Waals surface area contributed by atoms with Gasteiger partial charge in [-0.3, -0.25) is 14.3 Å². The van der Waals surface area contributed by atoms with Gasteiger partial charge in [-0.2, -0.15) is 5.10 Å². The summed E-state index contributed by atoms with van der Waals surface area (Å²) in [6, 6.07) is 17.2. The van der Waals surface area contributed by atoms with E-state index in [4.69, 9.17) is 4.74 Å². The summed E-state index contributed by atoms with van der Waals surface area (Å²) in [6.07, 6.45) is 4.64. The third-order valence-electron chi connectivity index (χ3n) is 5.08. The molecule has 2 heterocycles. The fourth-order valence-electron chi connectivity index (χ4n) is 3.63. The molecular formula is C23H24N4O3. The summed E-state index contributed by atoms with van der Waals surface area (Å²) in [5.74, 6) is 0.894. The number of para-hydroxylation sites is 1. The third kappa shape index (κ3) is 5.05. The van der Waals surface area contributed by atoms with E-state index < -0.39 is 0 Å². The fourth-order valence-corrected chi connectivity index (χ4v) is 3.63. The van der Waals surface area contributed by atoms with Gasteiger partial charge >= 0.3 is 0 Å². The molecule has 7 nitrogen and oxygen atoms in total. The molecule has 4 rings (SSSR count). The van der Waals surface area contributed by atoms with Gasteiger partial charge in [-0.05, 0) is 47.7 Å². The lowest BCUT2D eigenvalue weighted by molar-refractivity contribution is -0.121. The molecule has 1 aliphatic rings. The van der Waals surface area contributed by atoms with Gasteiger partial charge in [0.25, 0.3) is 0 Å². The lowest BCUT2D eigenvalue weighted by atomic mass is 9.90. The number of hydrogen-bond donors (Lipinski definition) is 2. The minimum absolute atomic E-state index is 0.00447. The number of carbonyl (C=O) groups excluding carboxylic acids is 2. The van der Waals surface area contributed by atoms with Crippen molar-refractivity contribution in [2.75, 3.05) is 11.9 Å². The number of carbonyl (C=O) groups is 2. The summed E-state index contributed by atoms with van der Waals surface area (Å²) in [4.78, 5) is 24.6. The summed E-state index contributed by atoms with van der Waals surface area (Å²) in [6.45, 7) is 1.20. The maximum Gasteiger partial charge on any atom is 0.246 e. The molecule has 2 aromatic carbocycles. The van der Waals surface area contributed by atoms with Crippen molar-refractivity contribution in [2.24, 2.45) is 0 Å². The summed E-state index contributed by atoms with van der Waals surface area (Å²) >= 11 is 0. The smallest absolute Gasteiger partial charge is 0.246 e. The van der Waals surface area contributed by atoms with Crippen molar-refractivity contribution in [1.82, 2.24) is 15.1 Å². The Morgan fingerprint density at radius 3 is 2.87 bits per heavy atom. The van der Waals surface area contributed by atoms with Crippen LogP contribution in [0.5, 0.6) is 5.75 Å². The van der Waals surface area contributed by atoms with Crippen LogP contribution in [0, 0.1) is 0 Å². The quantitative estimate of drug-likeness (QED) is 0.634. The number of amides is 2. The zero-order chi connectivity index (χ0) is 20.8. The van der Waals surface area contributed by atoms with Gasteiger partial charge < -0.3 is 15.4 Å². The van der Waals surface area contributed by atoms with Gasteiger partial charge in [0.2, 0.25) is 11.8 Å². The Bertz CT molecular complexity index is 1020. The van der Waals surface area contributed by atoms with E-state index in [0.29, 0.717) is 25.3 Å². The Hall–Kier alpha value is -3.61. The Labute approximate surface area is 175 Å². The first-order valence-corrected chi connectivity index (χ1v) is 10.0. The largest absolute Gasteiger partial charge is 0.493 e. The topological polar surface area (TPSA) is 85.3 Å². The number of ether oxygens (including phenoxy) is 1. The van der Waals surface area contributed by atoms with Crippen molar-refractivity contribution in [1.29, 1.82) is 0 Å². The van der Waals surface area contributed by atoms with Crippen LogP contribution in [0.1, 0.15) is 29.9 Å². The van der Waals surface area contributed by atoms with E-state index in [1.54, 1.807) is 23.1 Å². The second-order valence-electron chi connectivity index (χ2n) is 7.30. The van der Waals surface area contributed by atoms with Crippen molar-refractivity contribution in [3.63, 3.8) is 0 Å². The lowest BCUT2D eigenvalue weighted by Crippen LogP contribution is -2.26. The number of rotatable bonds is 7. The van der Waals surface area contributed by atoms with Crippen molar-refractivity contribution in [3.05, 3.63) is 78.1 Å². The summed E-state index contributed by atoms with van der Waals surface area (Å²) in [5.41, 5.74) is 2.71. The molecule has 1 aliphatic heterocycles. The highest BCUT2D eigenvalue weighted by Gasteiger charge is 2.23. The Balaban J connectivity index is 1.29. The van der Waals surface area contributed by atoms with E-state index in [0.717, 1.165) is 23.3 Å². The van der Waals surface area contributed by atoms with Crippen molar-refractivity contribution < 1.29 is 14.3 Å². The van der Waals surface area contributed by atoms with Crippen LogP contribution < -0.4 is 15.4 Å². The van der Waals surface area contributed by atoms with E-state index in [9.17, 15) is 9.59 Å². The summed E-state index contributed by atoms with van der Waals surface area (Å²) < 4.78 is 7.23. The van der Waals surface area contributed by atoms with Crippen LogP contribution in [0.15, 0.2) is 67.0 Å². The van der Waals surface area contributed by atoms with E-state index >= 15 is 0 Å². The first-order chi connectivity index (χ1) is 14.7. The van der Waals surface area contributed by atoms with Crippen LogP contribution in [-0.2, 0) is 22.7 Å². The molecule has 0 radical (unpaired) electrons. The number of fused-ring (bicyclic) bond motifs is 1. The molecule has 0 bridgehead atoms. The van der Waals surface area contributed by atoms with E-state index in [-0.39, 0.29) is 24.3 Å². The van der Waals surface area contributed by atoms with Crippen LogP contribution in [0.2, 0.25) is 0 Å². The Morgan fingerprint density at radius 1 is 1.10 bits per heavy atom. The average molecular weight is 404 g/mol. The second kappa shape index (κ2) is 9.26. The highest BCUT2D eigenvalue weighted by atomic mass is 16.5. The Morgan fingerprint density at radius 2 is 2.00 bits per heavy atom. The predicted molar refractivity (Wildman–Crippen MR) is 113 cm³/mol. The number of nitrogens with zero attached hydrogens (tertiary/aromatic N) is 2. The molecule has 7 heteroatoms. The fraction of sp³-hybridized carbons (Fsp3) is 0.261. The molecule has 1 unspecified atom stereocenters. The monoisotopic (exact) mass is 404 g/mol. The zero-order valence-corrected chi connectivity index (χ0v) is 16.6. The molecule has 0 spiro atoms. The summed E-state index contributed by atoms with van der Waals surface area (Å²) in [5, 5.41) is 9.87. The number of anilines is 1. The molecule has 0 saturated carbocycles. The standard InChI is InChI=1S/C23H24N4O3/c28-22(14-18-9-12-30-21-8-2-1-7-20(18)21)24-15-17-5-3-6-19(13-17)26-23(29)16-27-11-4-10-25-27/h1-8,10-11,13,18H,9,12,14-16H2,(H,24,28)(H,26,29). The molecular weight excluding hydrogens is 380 g/mol. The van der Waals surface area contributed by atoms with Crippen LogP contribution in [0.4, 0.5) is 5.69 Å². The first-order valence-electron chi connectivity index (χ1n) is 10.0. The molecule has 2 N–H and O–H groups in total. The normalized spacial score (nSPS) is 15.0. The molecule has 154 valence electrons. The van der Waals surface area contributed by atoms with Gasteiger partial charge in [-0.25, -0.2) is 0 Å². The lowest BCUT2D eigenvalue weighted by Gasteiger charge is -2.25. The zero-order valence-electron chi connectivity index (χ0n) is 16.6. The maximum absolute atomic E-state index is 12.5. The SMILES string of the molecule is O=C(CC1CCOc2ccccc21)NCc1cccc(NC(=O)Cn2cccn2)c1. The predicted octanol–water partition coefficient (Wildman–Crippen LogP) is 3.09. The second-order valence-corrected chi connectivity index (χ2v) is 7.30. The van der Waals surface area contributed by atoms with Gasteiger partial charge in [0.1, 0.15) is 12.3 Å². The summed E-state index contributed by atoms with van der Waals surface area (Å²) in [7, 11) is 0. The van der Waals surface area contributed by atoms with Crippen molar-refractivity contribution in [2.45, 2.75) is 31.8 Å². The van der Waals surface area contributed by atoms with E-state index in [2.05, 4.69) is 15.7 Å². The van der Waals surface area contributed by atoms with Crippen LogP contribution in [-0.4, -0.2) is 28.2 Å². The minimum atomic E-state index is -0.155. The van der Waals surface area contributed by atoms with Crippen molar-refractivity contribution in [3.8, 4) is 5.75 Å². The van der Waals surface area contributed by atoms with Gasteiger partial charge in [0.05, 0.1) is 6.61 Å². The maximum atomic E-state index is 12.5. The molecule has 3 aromatic rings. The van der Waals surface area contributed by atoms with Gasteiger partial charge in [0, 0.05) is 31.0 Å². The van der Waals surface area contributed by atoms with Gasteiger partial charge in [-0.1, -0.05) is 30.3 Å². The number of benzene rings is 2. The van der Waals surface area contributed by atoms with Crippen LogP contribution in [0.3, 0.4) is 0 Å². The molecule has 1 atom stereocenters. The van der Waals surface area contributed by atoms with E-state index in [1.165, 1.54) is 0 Å². The molecule has 1 aromatic heterocycles.